The maximum absolute atomic E-state index is 12.0. The minimum Gasteiger partial charge on any atom is -0.481 e. The molecule has 0 aromatic heterocycles. The first-order chi connectivity index (χ1) is 12.4. The van der Waals surface area contributed by atoms with Gasteiger partial charge in [0.25, 0.3) is 0 Å². The highest BCUT2D eigenvalue weighted by molar-refractivity contribution is 5.82. The van der Waals surface area contributed by atoms with Crippen LogP contribution in [0, 0.1) is 0 Å². The summed E-state index contributed by atoms with van der Waals surface area (Å²) in [4.78, 5) is 45.9. The maximum atomic E-state index is 12.0. The van der Waals surface area contributed by atoms with Gasteiger partial charge in [-0.1, -0.05) is 0 Å². The number of carbonyl (C=O) groups is 4. The molecule has 1 heterocycles. The van der Waals surface area contributed by atoms with Crippen molar-refractivity contribution in [3.05, 3.63) is 0 Å². The van der Waals surface area contributed by atoms with E-state index in [0.29, 0.717) is 32.8 Å². The van der Waals surface area contributed by atoms with Crippen LogP contribution in [-0.2, 0) is 19.1 Å². The second-order valence-electron chi connectivity index (χ2n) is 5.35. The van der Waals surface area contributed by atoms with Gasteiger partial charge < -0.3 is 30.5 Å². The molecule has 0 aromatic rings. The molecule has 2 amide bonds. The molecule has 1 rings (SSSR count). The van der Waals surface area contributed by atoms with E-state index in [9.17, 15) is 27.6 Å². The van der Waals surface area contributed by atoms with Gasteiger partial charge in [-0.15, -0.1) is 0 Å². The highest BCUT2D eigenvalue weighted by Crippen LogP contribution is 2.13. The van der Waals surface area contributed by atoms with E-state index < -0.39 is 24.2 Å². The van der Waals surface area contributed by atoms with Gasteiger partial charge in [-0.25, -0.2) is 9.59 Å². The number of hydrogen-bond donors (Lipinski definition) is 3. The molecule has 156 valence electrons. The minimum absolute atomic E-state index is 0.117. The highest BCUT2D eigenvalue weighted by Gasteiger charge is 2.38. The Morgan fingerprint density at radius 2 is 1.52 bits per heavy atom. The number of alkyl halides is 3. The molecule has 0 aromatic carbocycles. The molecule has 0 unspecified atom stereocenters. The Balaban J connectivity index is 0.000000821. The Bertz CT molecular complexity index is 535. The number of nitrogens with two attached hydrogens (primary N) is 1. The molecule has 1 saturated heterocycles. The van der Waals surface area contributed by atoms with Crippen LogP contribution in [0.3, 0.4) is 0 Å². The average molecular weight is 401 g/mol. The topological polar surface area (TPSA) is 150 Å². The van der Waals surface area contributed by atoms with Crippen LogP contribution in [0.25, 0.3) is 0 Å². The van der Waals surface area contributed by atoms with E-state index in [4.69, 9.17) is 25.5 Å². The average Bonchev–Trinajstić information content (AvgIpc) is 2.59. The fourth-order valence-electron chi connectivity index (χ4n) is 1.96. The van der Waals surface area contributed by atoms with Crippen LogP contribution in [0.5, 0.6) is 0 Å². The molecule has 1 atom stereocenters. The number of rotatable bonds is 5. The van der Waals surface area contributed by atoms with Crippen LogP contribution in [0.4, 0.5) is 18.0 Å². The van der Waals surface area contributed by atoms with E-state index in [1.54, 1.807) is 11.8 Å². The van der Waals surface area contributed by atoms with Crippen LogP contribution in [-0.4, -0.2) is 89.0 Å². The van der Waals surface area contributed by atoms with E-state index >= 15 is 0 Å². The summed E-state index contributed by atoms with van der Waals surface area (Å²) in [5.41, 5.74) is 5.68. The smallest absolute Gasteiger partial charge is 0.481 e. The first-order valence-electron chi connectivity index (χ1n) is 7.88. The molecule has 1 fully saturated rings. The second kappa shape index (κ2) is 11.2. The highest BCUT2D eigenvalue weighted by atomic mass is 19.4. The Kier molecular flexibility index (Phi) is 10.1. The number of halogens is 3. The normalized spacial score (nSPS) is 15.3. The van der Waals surface area contributed by atoms with Gasteiger partial charge in [0.05, 0.1) is 12.6 Å². The van der Waals surface area contributed by atoms with Gasteiger partial charge in [-0.05, 0) is 13.3 Å². The van der Waals surface area contributed by atoms with Gasteiger partial charge in [0.2, 0.25) is 5.91 Å². The Morgan fingerprint density at radius 1 is 1.07 bits per heavy atom. The van der Waals surface area contributed by atoms with Crippen molar-refractivity contribution in [2.24, 2.45) is 5.73 Å². The lowest BCUT2D eigenvalue weighted by atomic mass is 10.1. The first-order valence-corrected chi connectivity index (χ1v) is 7.88. The minimum atomic E-state index is -5.08. The molecule has 27 heavy (non-hydrogen) atoms. The number of carboxylic acids is 2. The van der Waals surface area contributed by atoms with Gasteiger partial charge in [0.15, 0.2) is 0 Å². The van der Waals surface area contributed by atoms with Crippen LogP contribution >= 0.6 is 0 Å². The molecule has 0 radical (unpaired) electrons. The zero-order valence-corrected chi connectivity index (χ0v) is 14.6. The van der Waals surface area contributed by atoms with Crippen molar-refractivity contribution in [3.63, 3.8) is 0 Å². The van der Waals surface area contributed by atoms with Crippen molar-refractivity contribution in [1.29, 1.82) is 0 Å². The maximum Gasteiger partial charge on any atom is 0.490 e. The van der Waals surface area contributed by atoms with Crippen LogP contribution < -0.4 is 5.73 Å². The number of carbonyl (C=O) groups excluding carboxylic acids is 2. The number of nitrogens with zero attached hydrogens (tertiary/aromatic N) is 2. The molecule has 1 aliphatic rings. The monoisotopic (exact) mass is 401 g/mol. The summed E-state index contributed by atoms with van der Waals surface area (Å²) >= 11 is 0. The van der Waals surface area contributed by atoms with Gasteiger partial charge in [0.1, 0.15) is 0 Å². The standard InChI is InChI=1S/C12H21N3O5.C2HF3O2/c1-2-20-12(19)15-7-5-14(6-8-15)11(18)9(13)3-4-10(16)17;3-2(4,5)1(6)7/h9H,2-8,13H2,1H3,(H,16,17);(H,6,7)/t9-;/m0./s1. The SMILES string of the molecule is CCOC(=O)N1CCN(C(=O)[C@@H](N)CCC(=O)O)CC1.O=C(O)C(F)(F)F. The molecule has 0 saturated carbocycles. The summed E-state index contributed by atoms with van der Waals surface area (Å²) in [7, 11) is 0. The molecule has 4 N–H and O–H groups in total. The third-order valence-electron chi connectivity index (χ3n) is 3.35. The van der Waals surface area contributed by atoms with E-state index in [0.717, 1.165) is 0 Å². The van der Waals surface area contributed by atoms with Crippen molar-refractivity contribution in [3.8, 4) is 0 Å². The van der Waals surface area contributed by atoms with Crippen molar-refractivity contribution < 1.29 is 47.3 Å². The molecular weight excluding hydrogens is 379 g/mol. The Hall–Kier alpha value is -2.57. The van der Waals surface area contributed by atoms with Crippen molar-refractivity contribution in [2.45, 2.75) is 32.0 Å². The summed E-state index contributed by atoms with van der Waals surface area (Å²) in [6.45, 7) is 3.63. The zero-order valence-electron chi connectivity index (χ0n) is 14.6. The van der Waals surface area contributed by atoms with Gasteiger partial charge in [-0.3, -0.25) is 9.59 Å². The fraction of sp³-hybridized carbons (Fsp3) is 0.714. The summed E-state index contributed by atoms with van der Waals surface area (Å²) in [6.07, 6.45) is -5.48. The summed E-state index contributed by atoms with van der Waals surface area (Å²) in [6, 6.07) is -0.805. The van der Waals surface area contributed by atoms with Crippen molar-refractivity contribution in [2.75, 3.05) is 32.8 Å². The van der Waals surface area contributed by atoms with E-state index in [-0.39, 0.29) is 24.8 Å². The zero-order chi connectivity index (χ0) is 21.2. The van der Waals surface area contributed by atoms with Gasteiger partial charge in [0, 0.05) is 32.6 Å². The quantitative estimate of drug-likeness (QED) is 0.587. The summed E-state index contributed by atoms with van der Waals surface area (Å²) in [5.74, 6) is -4.00. The lowest BCUT2D eigenvalue weighted by Crippen LogP contribution is -2.54. The van der Waals surface area contributed by atoms with Crippen molar-refractivity contribution >= 4 is 23.9 Å². The third kappa shape index (κ3) is 9.63. The number of carboxylic acid groups (broad SMARTS) is 2. The largest absolute Gasteiger partial charge is 0.490 e. The van der Waals surface area contributed by atoms with E-state index in [2.05, 4.69) is 0 Å². The summed E-state index contributed by atoms with van der Waals surface area (Å²) in [5, 5.41) is 15.7. The molecular formula is C14H22F3N3O7. The first kappa shape index (κ1) is 24.4. The van der Waals surface area contributed by atoms with Crippen LogP contribution in [0.1, 0.15) is 19.8 Å². The lowest BCUT2D eigenvalue weighted by Gasteiger charge is -2.35. The third-order valence-corrected chi connectivity index (χ3v) is 3.35. The molecule has 13 heteroatoms. The molecule has 1 aliphatic heterocycles. The lowest BCUT2D eigenvalue weighted by molar-refractivity contribution is -0.192. The number of hydrogen-bond acceptors (Lipinski definition) is 6. The second-order valence-corrected chi connectivity index (χ2v) is 5.35. The fourth-order valence-corrected chi connectivity index (χ4v) is 1.96. The number of ether oxygens (including phenoxy) is 1. The van der Waals surface area contributed by atoms with E-state index in [1.807, 2.05) is 0 Å². The molecule has 10 nitrogen and oxygen atoms in total. The molecule has 0 spiro atoms. The molecule has 0 bridgehead atoms. The van der Waals surface area contributed by atoms with Crippen molar-refractivity contribution in [1.82, 2.24) is 9.80 Å². The Labute approximate surface area is 152 Å². The number of piperazine rings is 1. The van der Waals surface area contributed by atoms with Crippen LogP contribution in [0.2, 0.25) is 0 Å². The van der Waals surface area contributed by atoms with Gasteiger partial charge in [-0.2, -0.15) is 13.2 Å². The number of aliphatic carboxylic acids is 2. The molecule has 0 aliphatic carbocycles. The number of amides is 2. The van der Waals surface area contributed by atoms with Gasteiger partial charge >= 0.3 is 24.2 Å². The predicted octanol–water partition coefficient (Wildman–Crippen LogP) is 0.113. The summed E-state index contributed by atoms with van der Waals surface area (Å²) < 4.78 is 36.6. The predicted molar refractivity (Wildman–Crippen MR) is 83.7 cm³/mol. The van der Waals surface area contributed by atoms with E-state index in [1.165, 1.54) is 4.90 Å². The van der Waals surface area contributed by atoms with Crippen LogP contribution in [0.15, 0.2) is 0 Å². The Morgan fingerprint density at radius 3 is 1.89 bits per heavy atom.